The topological polar surface area (TPSA) is 20.2 Å². The van der Waals surface area contributed by atoms with Gasteiger partial charge in [-0.3, -0.25) is 0 Å². The Morgan fingerprint density at radius 1 is 1.08 bits per heavy atom. The summed E-state index contributed by atoms with van der Waals surface area (Å²) >= 11 is 0. The Morgan fingerprint density at radius 2 is 1.62 bits per heavy atom. The highest BCUT2D eigenvalue weighted by atomic mass is 16.3. The van der Waals surface area contributed by atoms with Crippen LogP contribution in [-0.2, 0) is 0 Å². The van der Waals surface area contributed by atoms with Gasteiger partial charge in [0.25, 0.3) is 0 Å². The number of rotatable bonds is 7. The smallest absolute Gasteiger partial charge is 0.0650 e. The molecule has 0 spiro atoms. The molecule has 1 heteroatoms. The second-order valence-corrected chi connectivity index (χ2v) is 4.71. The molecule has 1 nitrogen and oxygen atoms in total. The van der Waals surface area contributed by atoms with Gasteiger partial charge in [0.1, 0.15) is 0 Å². The molecule has 78 valence electrons. The van der Waals surface area contributed by atoms with Crippen molar-refractivity contribution >= 4 is 0 Å². The van der Waals surface area contributed by atoms with Crippen molar-refractivity contribution in [3.63, 3.8) is 0 Å². The van der Waals surface area contributed by atoms with Crippen LogP contribution in [0.15, 0.2) is 0 Å². The molecule has 0 amide bonds. The first kappa shape index (κ1) is 11.0. The van der Waals surface area contributed by atoms with Crippen LogP contribution < -0.4 is 0 Å². The Kier molecular flexibility index (Phi) is 4.24. The van der Waals surface area contributed by atoms with Gasteiger partial charge in [0.2, 0.25) is 0 Å². The van der Waals surface area contributed by atoms with Crippen molar-refractivity contribution in [2.45, 2.75) is 70.8 Å². The third-order valence-corrected chi connectivity index (χ3v) is 3.24. The van der Waals surface area contributed by atoms with E-state index in [2.05, 4.69) is 13.8 Å². The molecule has 1 aliphatic rings. The molecule has 0 heterocycles. The van der Waals surface area contributed by atoms with Crippen LogP contribution in [0.5, 0.6) is 0 Å². The molecule has 0 unspecified atom stereocenters. The molecule has 0 bridgehead atoms. The van der Waals surface area contributed by atoms with Crippen LogP contribution in [0.1, 0.15) is 65.2 Å². The lowest BCUT2D eigenvalue weighted by Gasteiger charge is -2.16. The molecule has 0 radical (unpaired) electrons. The predicted molar refractivity (Wildman–Crippen MR) is 56.7 cm³/mol. The fourth-order valence-corrected chi connectivity index (χ4v) is 2.12. The third-order valence-electron chi connectivity index (χ3n) is 3.24. The summed E-state index contributed by atoms with van der Waals surface area (Å²) in [6.07, 6.45) is 9.70. The molecule has 13 heavy (non-hydrogen) atoms. The quantitative estimate of drug-likeness (QED) is 0.642. The molecule has 1 N–H and O–H groups in total. The Labute approximate surface area is 82.5 Å². The first-order chi connectivity index (χ1) is 6.20. The lowest BCUT2D eigenvalue weighted by molar-refractivity contribution is 0.128. The minimum Gasteiger partial charge on any atom is -0.390 e. The van der Waals surface area contributed by atoms with Gasteiger partial charge in [-0.05, 0) is 31.6 Å². The molecule has 1 fully saturated rings. The maximum absolute atomic E-state index is 9.71. The van der Waals surface area contributed by atoms with E-state index in [0.717, 1.165) is 25.2 Å². The van der Waals surface area contributed by atoms with Gasteiger partial charge in [-0.1, -0.05) is 39.5 Å². The van der Waals surface area contributed by atoms with Crippen molar-refractivity contribution < 1.29 is 5.11 Å². The van der Waals surface area contributed by atoms with Gasteiger partial charge >= 0.3 is 0 Å². The summed E-state index contributed by atoms with van der Waals surface area (Å²) in [7, 11) is 0. The summed E-state index contributed by atoms with van der Waals surface area (Å²) in [4.78, 5) is 0. The summed E-state index contributed by atoms with van der Waals surface area (Å²) < 4.78 is 0. The van der Waals surface area contributed by atoms with E-state index in [4.69, 9.17) is 0 Å². The summed E-state index contributed by atoms with van der Waals surface area (Å²) in [5.41, 5.74) is -0.222. The molecule has 0 aromatic rings. The Balaban J connectivity index is 2.13. The summed E-state index contributed by atoms with van der Waals surface area (Å²) in [5.74, 6) is 0.875. The van der Waals surface area contributed by atoms with Crippen molar-refractivity contribution in [2.24, 2.45) is 5.92 Å². The first-order valence-electron chi connectivity index (χ1n) is 5.92. The molecular formula is C12H24O. The normalized spacial score (nSPS) is 19.4. The van der Waals surface area contributed by atoms with Crippen molar-refractivity contribution in [1.29, 1.82) is 0 Å². The Bertz CT molecular complexity index is 132. The van der Waals surface area contributed by atoms with Gasteiger partial charge in [0.05, 0.1) is 5.60 Å². The van der Waals surface area contributed by atoms with E-state index in [0.29, 0.717) is 0 Å². The van der Waals surface area contributed by atoms with Crippen molar-refractivity contribution in [3.05, 3.63) is 0 Å². The second-order valence-electron chi connectivity index (χ2n) is 4.71. The van der Waals surface area contributed by atoms with Crippen molar-refractivity contribution in [3.8, 4) is 0 Å². The number of hydrogen-bond donors (Lipinski definition) is 1. The Morgan fingerprint density at radius 3 is 2.00 bits per heavy atom. The van der Waals surface area contributed by atoms with E-state index >= 15 is 0 Å². The molecule has 0 atom stereocenters. The van der Waals surface area contributed by atoms with Crippen LogP contribution in [0.2, 0.25) is 0 Å². The molecule has 0 saturated heterocycles. The summed E-state index contributed by atoms with van der Waals surface area (Å²) in [6.45, 7) is 4.52. The molecule has 1 rings (SSSR count). The highest BCUT2D eigenvalue weighted by molar-refractivity contribution is 4.93. The highest BCUT2D eigenvalue weighted by Gasteiger charge is 2.39. The van der Waals surface area contributed by atoms with Crippen molar-refractivity contribution in [1.82, 2.24) is 0 Å². The van der Waals surface area contributed by atoms with Crippen LogP contribution in [0.25, 0.3) is 0 Å². The molecule has 0 aromatic heterocycles. The predicted octanol–water partition coefficient (Wildman–Crippen LogP) is 3.51. The average molecular weight is 184 g/mol. The van der Waals surface area contributed by atoms with Crippen LogP contribution >= 0.6 is 0 Å². The van der Waals surface area contributed by atoms with Crippen molar-refractivity contribution in [2.75, 3.05) is 0 Å². The zero-order valence-corrected chi connectivity index (χ0v) is 9.18. The summed E-state index contributed by atoms with van der Waals surface area (Å²) in [5, 5.41) is 9.71. The largest absolute Gasteiger partial charge is 0.390 e. The Hall–Kier alpha value is -0.0400. The SMILES string of the molecule is CCCC(CCC)CCC1(O)CC1. The van der Waals surface area contributed by atoms with Crippen LogP contribution in [0.4, 0.5) is 0 Å². The molecule has 1 aliphatic carbocycles. The second kappa shape index (κ2) is 4.99. The molecule has 0 aromatic carbocycles. The number of hydrogen-bond acceptors (Lipinski definition) is 1. The van der Waals surface area contributed by atoms with Gasteiger partial charge in [-0.15, -0.1) is 0 Å². The summed E-state index contributed by atoms with van der Waals surface area (Å²) in [6, 6.07) is 0. The zero-order valence-electron chi connectivity index (χ0n) is 9.18. The fourth-order valence-electron chi connectivity index (χ4n) is 2.12. The third kappa shape index (κ3) is 4.12. The first-order valence-corrected chi connectivity index (χ1v) is 5.92. The van der Waals surface area contributed by atoms with E-state index in [1.165, 1.54) is 32.1 Å². The van der Waals surface area contributed by atoms with Gasteiger partial charge in [0, 0.05) is 0 Å². The molecule has 0 aliphatic heterocycles. The van der Waals surface area contributed by atoms with Gasteiger partial charge in [-0.2, -0.15) is 0 Å². The standard InChI is InChI=1S/C12H24O/c1-3-5-11(6-4-2)7-8-12(13)9-10-12/h11,13H,3-10H2,1-2H3. The average Bonchev–Trinajstić information content (AvgIpc) is 2.82. The highest BCUT2D eigenvalue weighted by Crippen LogP contribution is 2.40. The fraction of sp³-hybridized carbons (Fsp3) is 1.00. The van der Waals surface area contributed by atoms with E-state index in [9.17, 15) is 5.11 Å². The minimum atomic E-state index is -0.222. The molecular weight excluding hydrogens is 160 g/mol. The van der Waals surface area contributed by atoms with Crippen LogP contribution in [0.3, 0.4) is 0 Å². The lowest BCUT2D eigenvalue weighted by Crippen LogP contribution is -2.10. The van der Waals surface area contributed by atoms with E-state index in [1.54, 1.807) is 0 Å². The van der Waals surface area contributed by atoms with Gasteiger partial charge in [-0.25, -0.2) is 0 Å². The van der Waals surface area contributed by atoms with E-state index in [1.807, 2.05) is 0 Å². The van der Waals surface area contributed by atoms with E-state index in [-0.39, 0.29) is 5.60 Å². The van der Waals surface area contributed by atoms with E-state index < -0.39 is 0 Å². The van der Waals surface area contributed by atoms with Crippen LogP contribution in [-0.4, -0.2) is 10.7 Å². The van der Waals surface area contributed by atoms with Gasteiger partial charge in [0.15, 0.2) is 0 Å². The minimum absolute atomic E-state index is 0.222. The molecule has 1 saturated carbocycles. The maximum Gasteiger partial charge on any atom is 0.0650 e. The van der Waals surface area contributed by atoms with Gasteiger partial charge < -0.3 is 5.11 Å². The van der Waals surface area contributed by atoms with Crippen LogP contribution in [0, 0.1) is 5.92 Å². The maximum atomic E-state index is 9.71. The zero-order chi connectivity index (χ0) is 9.73. The monoisotopic (exact) mass is 184 g/mol. The lowest BCUT2D eigenvalue weighted by atomic mass is 9.91. The number of aliphatic hydroxyl groups is 1.